The van der Waals surface area contributed by atoms with Crippen LogP contribution in [-0.2, 0) is 10.4 Å². The highest BCUT2D eigenvalue weighted by Crippen LogP contribution is 2.42. The average molecular weight is 364 g/mol. The van der Waals surface area contributed by atoms with Crippen LogP contribution in [-0.4, -0.2) is 30.5 Å². The lowest BCUT2D eigenvalue weighted by atomic mass is 9.88. The Labute approximate surface area is 157 Å². The molecule has 3 rings (SSSR count). The van der Waals surface area contributed by atoms with E-state index in [0.717, 1.165) is 0 Å². The number of benzene rings is 2. The van der Waals surface area contributed by atoms with Crippen LogP contribution in [0.15, 0.2) is 48.5 Å². The van der Waals surface area contributed by atoms with Gasteiger partial charge in [-0.1, -0.05) is 18.2 Å². The van der Waals surface area contributed by atoms with Crippen molar-refractivity contribution in [1.82, 2.24) is 0 Å². The predicted molar refractivity (Wildman–Crippen MR) is 99.5 cm³/mol. The third kappa shape index (κ3) is 3.42. The van der Waals surface area contributed by atoms with E-state index in [1.54, 1.807) is 48.5 Å². The van der Waals surface area contributed by atoms with E-state index in [4.69, 9.17) is 10.00 Å². The largest absolute Gasteiger partial charge is 0.497 e. The van der Waals surface area contributed by atoms with Crippen LogP contribution in [0.4, 0.5) is 5.69 Å². The summed E-state index contributed by atoms with van der Waals surface area (Å²) < 4.78 is 5.08. The number of ether oxygens (including phenoxy) is 1. The first-order chi connectivity index (χ1) is 13.0. The number of hydrogen-bond donors (Lipinski definition) is 1. The number of hydrogen-bond acceptors (Lipinski definition) is 5. The third-order valence-corrected chi connectivity index (χ3v) is 4.74. The molecule has 0 aliphatic carbocycles. The average Bonchev–Trinajstić information content (AvgIpc) is 2.90. The third-order valence-electron chi connectivity index (χ3n) is 4.74. The Bertz CT molecular complexity index is 901. The molecule has 138 valence electrons. The molecule has 1 atom stereocenters. The van der Waals surface area contributed by atoms with Crippen molar-refractivity contribution in [3.05, 3.63) is 59.7 Å². The van der Waals surface area contributed by atoms with Gasteiger partial charge in [0.2, 0.25) is 0 Å². The van der Waals surface area contributed by atoms with Gasteiger partial charge in [0.25, 0.3) is 5.91 Å². The zero-order chi connectivity index (χ0) is 19.4. The Morgan fingerprint density at radius 3 is 2.59 bits per heavy atom. The number of nitrogens with zero attached hydrogens (tertiary/aromatic N) is 2. The highest BCUT2D eigenvalue weighted by atomic mass is 16.5. The molecule has 6 nitrogen and oxygen atoms in total. The number of nitriles is 1. The summed E-state index contributed by atoms with van der Waals surface area (Å²) in [5, 5.41) is 19.9. The molecule has 1 aliphatic rings. The number of fused-ring (bicyclic) bond motifs is 1. The molecule has 27 heavy (non-hydrogen) atoms. The van der Waals surface area contributed by atoms with E-state index in [2.05, 4.69) is 0 Å². The van der Waals surface area contributed by atoms with Crippen molar-refractivity contribution in [3.63, 3.8) is 0 Å². The normalized spacial score (nSPS) is 18.1. The lowest BCUT2D eigenvalue weighted by Crippen LogP contribution is -2.42. The molecule has 1 heterocycles. The Morgan fingerprint density at radius 1 is 1.22 bits per heavy atom. The molecular weight excluding hydrogens is 344 g/mol. The van der Waals surface area contributed by atoms with E-state index in [9.17, 15) is 14.7 Å². The van der Waals surface area contributed by atoms with Crippen LogP contribution < -0.4 is 9.64 Å². The van der Waals surface area contributed by atoms with Gasteiger partial charge in [0.1, 0.15) is 5.75 Å². The lowest BCUT2D eigenvalue weighted by Gasteiger charge is -2.22. The smallest absolute Gasteiger partial charge is 0.264 e. The fourth-order valence-corrected chi connectivity index (χ4v) is 3.33. The van der Waals surface area contributed by atoms with Gasteiger partial charge in [-0.25, -0.2) is 0 Å². The maximum atomic E-state index is 13.0. The number of carbonyl (C=O) groups excluding carboxylic acids is 2. The number of para-hydroxylation sites is 1. The first-order valence-electron chi connectivity index (χ1n) is 8.69. The van der Waals surface area contributed by atoms with Crippen molar-refractivity contribution in [2.45, 2.75) is 24.9 Å². The van der Waals surface area contributed by atoms with Crippen molar-refractivity contribution >= 4 is 17.4 Å². The number of amides is 1. The fraction of sp³-hybridized carbons (Fsp3) is 0.286. The standard InChI is InChI=1S/C21H20N2O4/c1-27-16-10-8-15(9-11-16)19(24)14-21(26)17-6-2-3-7-18(17)23(20(21)25)13-5-4-12-22/h2-3,6-11,26H,4-5,13-14H2,1H3/t21-/m0/s1. The molecule has 1 amide bonds. The van der Waals surface area contributed by atoms with Crippen molar-refractivity contribution in [2.75, 3.05) is 18.6 Å². The topological polar surface area (TPSA) is 90.6 Å². The quantitative estimate of drug-likeness (QED) is 0.603. The van der Waals surface area contributed by atoms with Crippen molar-refractivity contribution < 1.29 is 19.4 Å². The number of rotatable bonds is 7. The number of anilines is 1. The van der Waals surface area contributed by atoms with Crippen molar-refractivity contribution in [1.29, 1.82) is 5.26 Å². The molecule has 2 aromatic rings. The van der Waals surface area contributed by atoms with Crippen LogP contribution in [0.25, 0.3) is 0 Å². The molecule has 0 radical (unpaired) electrons. The summed E-state index contributed by atoms with van der Waals surface area (Å²) in [6.45, 7) is 0.322. The fourth-order valence-electron chi connectivity index (χ4n) is 3.33. The maximum Gasteiger partial charge on any atom is 0.264 e. The monoisotopic (exact) mass is 364 g/mol. The molecule has 0 unspecified atom stereocenters. The Balaban J connectivity index is 1.88. The van der Waals surface area contributed by atoms with Gasteiger partial charge >= 0.3 is 0 Å². The number of ketones is 1. The van der Waals surface area contributed by atoms with Crippen LogP contribution in [0, 0.1) is 11.3 Å². The van der Waals surface area contributed by atoms with E-state index in [-0.39, 0.29) is 12.2 Å². The van der Waals surface area contributed by atoms with E-state index in [1.807, 2.05) is 6.07 Å². The van der Waals surface area contributed by atoms with Crippen LogP contribution in [0.5, 0.6) is 5.75 Å². The van der Waals surface area contributed by atoms with E-state index < -0.39 is 11.5 Å². The van der Waals surface area contributed by atoms with Gasteiger partial charge in [-0.15, -0.1) is 0 Å². The van der Waals surface area contributed by atoms with Gasteiger partial charge in [-0.05, 0) is 36.8 Å². The lowest BCUT2D eigenvalue weighted by molar-refractivity contribution is -0.135. The zero-order valence-corrected chi connectivity index (χ0v) is 15.0. The van der Waals surface area contributed by atoms with Crippen molar-refractivity contribution in [2.24, 2.45) is 0 Å². The molecule has 1 aliphatic heterocycles. The summed E-state index contributed by atoms with van der Waals surface area (Å²) in [5.41, 5.74) is -0.489. The van der Waals surface area contributed by atoms with Crippen molar-refractivity contribution in [3.8, 4) is 11.8 Å². The number of methoxy groups -OCH3 is 1. The molecule has 6 heteroatoms. The number of aliphatic hydroxyl groups is 1. The van der Waals surface area contributed by atoms with Gasteiger partial charge in [-0.2, -0.15) is 5.26 Å². The van der Waals surface area contributed by atoms with Gasteiger partial charge in [0.05, 0.1) is 25.3 Å². The molecule has 0 saturated heterocycles. The number of unbranched alkanes of at least 4 members (excludes halogenated alkanes) is 1. The summed E-state index contributed by atoms with van der Waals surface area (Å²) in [7, 11) is 1.54. The van der Waals surface area contributed by atoms with E-state index in [1.165, 1.54) is 12.0 Å². The molecule has 1 N–H and O–H groups in total. The van der Waals surface area contributed by atoms with Crippen LogP contribution in [0.3, 0.4) is 0 Å². The van der Waals surface area contributed by atoms with E-state index >= 15 is 0 Å². The van der Waals surface area contributed by atoms with Crippen LogP contribution in [0.2, 0.25) is 0 Å². The Kier molecular flexibility index (Phi) is 5.24. The second-order valence-corrected chi connectivity index (χ2v) is 6.42. The highest BCUT2D eigenvalue weighted by molar-refractivity contribution is 6.10. The summed E-state index contributed by atoms with van der Waals surface area (Å²) in [6, 6.07) is 15.5. The minimum Gasteiger partial charge on any atom is -0.497 e. The van der Waals surface area contributed by atoms with Gasteiger partial charge in [0, 0.05) is 24.1 Å². The van der Waals surface area contributed by atoms with Gasteiger partial charge < -0.3 is 14.7 Å². The van der Waals surface area contributed by atoms with Gasteiger partial charge in [-0.3, -0.25) is 9.59 Å². The van der Waals surface area contributed by atoms with Crippen LogP contribution >= 0.6 is 0 Å². The first kappa shape index (κ1) is 18.6. The molecule has 0 saturated carbocycles. The number of Topliss-reactive ketones (excluding diaryl/α,β-unsaturated/α-hetero) is 1. The molecule has 0 spiro atoms. The Hall–Kier alpha value is -3.17. The second kappa shape index (κ2) is 7.60. The van der Waals surface area contributed by atoms with Crippen LogP contribution in [0.1, 0.15) is 35.2 Å². The maximum absolute atomic E-state index is 13.0. The SMILES string of the molecule is COc1ccc(C(=O)C[C@@]2(O)C(=O)N(CCCC#N)c3ccccc32)cc1. The second-order valence-electron chi connectivity index (χ2n) is 6.42. The summed E-state index contributed by atoms with van der Waals surface area (Å²) >= 11 is 0. The molecule has 2 aromatic carbocycles. The molecule has 0 fully saturated rings. The first-order valence-corrected chi connectivity index (χ1v) is 8.69. The molecule has 0 aromatic heterocycles. The molecular formula is C21H20N2O4. The molecule has 0 bridgehead atoms. The minimum atomic E-state index is -1.90. The van der Waals surface area contributed by atoms with E-state index in [0.29, 0.717) is 42.0 Å². The minimum absolute atomic E-state index is 0.315. The zero-order valence-electron chi connectivity index (χ0n) is 15.0. The van der Waals surface area contributed by atoms with Gasteiger partial charge in [0.15, 0.2) is 11.4 Å². The number of carbonyl (C=O) groups is 2. The summed E-state index contributed by atoms with van der Waals surface area (Å²) in [4.78, 5) is 27.1. The summed E-state index contributed by atoms with van der Waals surface area (Å²) in [5.74, 6) is -0.234. The Morgan fingerprint density at radius 2 is 1.93 bits per heavy atom. The summed E-state index contributed by atoms with van der Waals surface area (Å²) in [6.07, 6.45) is 0.470. The predicted octanol–water partition coefficient (Wildman–Crippen LogP) is 2.81. The highest BCUT2D eigenvalue weighted by Gasteiger charge is 2.50.